The highest BCUT2D eigenvalue weighted by atomic mass is 16.1. The van der Waals surface area contributed by atoms with Crippen molar-refractivity contribution in [2.24, 2.45) is 0 Å². The van der Waals surface area contributed by atoms with E-state index in [1.807, 2.05) is 20.8 Å². The smallest absolute Gasteiger partial charge is 0.251 e. The average Bonchev–Trinajstić information content (AvgIpc) is 2.20. The lowest BCUT2D eigenvalue weighted by Crippen LogP contribution is -2.30. The molecule has 0 radical (unpaired) electrons. The number of nitrogens with one attached hydrogen (secondary N) is 2. The molecule has 0 heterocycles. The largest absolute Gasteiger partial charge is 0.350 e. The molecule has 0 unspecified atom stereocenters. The van der Waals surface area contributed by atoms with Crippen molar-refractivity contribution in [3.8, 4) is 0 Å². The molecule has 0 saturated heterocycles. The van der Waals surface area contributed by atoms with E-state index in [9.17, 15) is 9.59 Å². The van der Waals surface area contributed by atoms with Crippen molar-refractivity contribution in [1.82, 2.24) is 5.32 Å². The van der Waals surface area contributed by atoms with E-state index >= 15 is 0 Å². The van der Waals surface area contributed by atoms with Crippen molar-refractivity contribution in [2.45, 2.75) is 26.8 Å². The Balaban J connectivity index is 2.93. The van der Waals surface area contributed by atoms with Crippen LogP contribution in [0.1, 0.15) is 29.8 Å². The summed E-state index contributed by atoms with van der Waals surface area (Å²) in [4.78, 5) is 22.1. The maximum atomic E-state index is 11.7. The normalized spacial score (nSPS) is 10.0. The van der Waals surface area contributed by atoms with Crippen molar-refractivity contribution in [3.05, 3.63) is 29.3 Å². The third-order valence-electron chi connectivity index (χ3n) is 2.13. The third kappa shape index (κ3) is 3.08. The molecular weight excluding hydrogens is 204 g/mol. The van der Waals surface area contributed by atoms with Crippen LogP contribution in [0.15, 0.2) is 18.2 Å². The number of amides is 2. The molecule has 2 amide bonds. The van der Waals surface area contributed by atoms with E-state index in [0.29, 0.717) is 17.7 Å². The molecule has 0 saturated carbocycles. The number of aryl methyl sites for hydroxylation is 1. The summed E-state index contributed by atoms with van der Waals surface area (Å²) in [6, 6.07) is 5.31. The highest BCUT2D eigenvalue weighted by Gasteiger charge is 2.08. The second-order valence-corrected chi connectivity index (χ2v) is 3.92. The van der Waals surface area contributed by atoms with Crippen LogP contribution in [0, 0.1) is 6.92 Å². The summed E-state index contributed by atoms with van der Waals surface area (Å²) in [6.07, 6.45) is 0.604. The van der Waals surface area contributed by atoms with Crippen molar-refractivity contribution >= 4 is 18.0 Å². The zero-order valence-electron chi connectivity index (χ0n) is 9.70. The highest BCUT2D eigenvalue weighted by molar-refractivity contribution is 5.96. The molecule has 0 bridgehead atoms. The van der Waals surface area contributed by atoms with Crippen LogP contribution in [0.4, 0.5) is 5.69 Å². The molecule has 1 aromatic rings. The molecule has 0 fully saturated rings. The van der Waals surface area contributed by atoms with Gasteiger partial charge in [-0.2, -0.15) is 0 Å². The van der Waals surface area contributed by atoms with Crippen LogP contribution < -0.4 is 10.6 Å². The van der Waals surface area contributed by atoms with Gasteiger partial charge in [0, 0.05) is 17.3 Å². The van der Waals surface area contributed by atoms with Gasteiger partial charge in [-0.1, -0.05) is 6.07 Å². The van der Waals surface area contributed by atoms with E-state index in [4.69, 9.17) is 0 Å². The summed E-state index contributed by atoms with van der Waals surface area (Å²) in [7, 11) is 0. The van der Waals surface area contributed by atoms with Gasteiger partial charge in [-0.25, -0.2) is 0 Å². The van der Waals surface area contributed by atoms with Gasteiger partial charge in [-0.05, 0) is 38.5 Å². The van der Waals surface area contributed by atoms with Crippen molar-refractivity contribution in [3.63, 3.8) is 0 Å². The Morgan fingerprint density at radius 2 is 2.06 bits per heavy atom. The molecule has 0 aliphatic heterocycles. The predicted molar refractivity (Wildman–Crippen MR) is 63.5 cm³/mol. The van der Waals surface area contributed by atoms with Gasteiger partial charge in [0.2, 0.25) is 6.41 Å². The Hall–Kier alpha value is -1.84. The van der Waals surface area contributed by atoms with E-state index in [1.54, 1.807) is 18.2 Å². The zero-order valence-corrected chi connectivity index (χ0v) is 9.70. The number of benzene rings is 1. The molecule has 0 atom stereocenters. The number of rotatable bonds is 4. The van der Waals surface area contributed by atoms with E-state index in [1.165, 1.54) is 0 Å². The van der Waals surface area contributed by atoms with Crippen LogP contribution in [0.3, 0.4) is 0 Å². The van der Waals surface area contributed by atoms with Gasteiger partial charge in [-0.15, -0.1) is 0 Å². The standard InChI is InChI=1S/C12H16N2O2/c1-8(2)14-12(16)10-5-4-9(3)11(6-10)13-7-15/h4-8H,1-3H3,(H,13,15)(H,14,16). The van der Waals surface area contributed by atoms with Crippen LogP contribution in [0.5, 0.6) is 0 Å². The molecule has 1 aromatic carbocycles. The molecule has 0 aromatic heterocycles. The summed E-state index contributed by atoms with van der Waals surface area (Å²) in [5.74, 6) is -0.135. The van der Waals surface area contributed by atoms with E-state index in [2.05, 4.69) is 10.6 Å². The van der Waals surface area contributed by atoms with Crippen LogP contribution in [0.25, 0.3) is 0 Å². The third-order valence-corrected chi connectivity index (χ3v) is 2.13. The van der Waals surface area contributed by atoms with Crippen LogP contribution in [-0.4, -0.2) is 18.4 Å². The monoisotopic (exact) mass is 220 g/mol. The number of hydrogen-bond donors (Lipinski definition) is 2. The quantitative estimate of drug-likeness (QED) is 0.759. The maximum Gasteiger partial charge on any atom is 0.251 e. The second-order valence-electron chi connectivity index (χ2n) is 3.92. The number of carbonyl (C=O) groups excluding carboxylic acids is 2. The Labute approximate surface area is 95.0 Å². The topological polar surface area (TPSA) is 58.2 Å². The van der Waals surface area contributed by atoms with Gasteiger partial charge in [0.1, 0.15) is 0 Å². The lowest BCUT2D eigenvalue weighted by atomic mass is 10.1. The summed E-state index contributed by atoms with van der Waals surface area (Å²) < 4.78 is 0. The first-order valence-electron chi connectivity index (χ1n) is 5.16. The Morgan fingerprint density at radius 1 is 1.38 bits per heavy atom. The van der Waals surface area contributed by atoms with E-state index < -0.39 is 0 Å². The van der Waals surface area contributed by atoms with E-state index in [-0.39, 0.29) is 11.9 Å². The summed E-state index contributed by atoms with van der Waals surface area (Å²) in [5.41, 5.74) is 2.13. The minimum atomic E-state index is -0.135. The van der Waals surface area contributed by atoms with Crippen LogP contribution in [-0.2, 0) is 4.79 Å². The lowest BCUT2D eigenvalue weighted by Gasteiger charge is -2.10. The highest BCUT2D eigenvalue weighted by Crippen LogP contribution is 2.16. The fourth-order valence-corrected chi connectivity index (χ4v) is 1.33. The molecule has 0 aliphatic rings. The Bertz CT molecular complexity index is 400. The van der Waals surface area contributed by atoms with Gasteiger partial charge >= 0.3 is 0 Å². The van der Waals surface area contributed by atoms with Gasteiger partial charge < -0.3 is 10.6 Å². The summed E-state index contributed by atoms with van der Waals surface area (Å²) in [5, 5.41) is 5.36. The molecule has 86 valence electrons. The minimum absolute atomic E-state index is 0.0938. The molecule has 0 spiro atoms. The van der Waals surface area contributed by atoms with Gasteiger partial charge in [0.25, 0.3) is 5.91 Å². The Kier molecular flexibility index (Phi) is 4.05. The fraction of sp³-hybridized carbons (Fsp3) is 0.333. The average molecular weight is 220 g/mol. The molecular formula is C12H16N2O2. The van der Waals surface area contributed by atoms with Crippen molar-refractivity contribution < 1.29 is 9.59 Å². The predicted octanol–water partition coefficient (Wildman–Crippen LogP) is 1.70. The number of hydrogen-bond acceptors (Lipinski definition) is 2. The summed E-state index contributed by atoms with van der Waals surface area (Å²) >= 11 is 0. The minimum Gasteiger partial charge on any atom is -0.350 e. The second kappa shape index (κ2) is 5.30. The zero-order chi connectivity index (χ0) is 12.1. The number of anilines is 1. The maximum absolute atomic E-state index is 11.7. The van der Waals surface area contributed by atoms with Gasteiger partial charge in [0.05, 0.1) is 0 Å². The molecule has 4 heteroatoms. The van der Waals surface area contributed by atoms with E-state index in [0.717, 1.165) is 5.56 Å². The van der Waals surface area contributed by atoms with Crippen LogP contribution >= 0.6 is 0 Å². The fourth-order valence-electron chi connectivity index (χ4n) is 1.33. The Morgan fingerprint density at radius 3 is 2.62 bits per heavy atom. The molecule has 2 N–H and O–H groups in total. The molecule has 0 aliphatic carbocycles. The SMILES string of the molecule is Cc1ccc(C(=O)NC(C)C)cc1NC=O. The van der Waals surface area contributed by atoms with Gasteiger partial charge in [0.15, 0.2) is 0 Å². The molecule has 1 rings (SSSR count). The number of carbonyl (C=O) groups is 2. The van der Waals surface area contributed by atoms with Crippen molar-refractivity contribution in [2.75, 3.05) is 5.32 Å². The van der Waals surface area contributed by atoms with Crippen molar-refractivity contribution in [1.29, 1.82) is 0 Å². The molecule has 4 nitrogen and oxygen atoms in total. The first-order valence-corrected chi connectivity index (χ1v) is 5.16. The summed E-state index contributed by atoms with van der Waals surface area (Å²) in [6.45, 7) is 5.67. The first kappa shape index (κ1) is 12.2. The first-order chi connectivity index (χ1) is 7.54. The molecule has 16 heavy (non-hydrogen) atoms. The van der Waals surface area contributed by atoms with Crippen LogP contribution in [0.2, 0.25) is 0 Å². The lowest BCUT2D eigenvalue weighted by molar-refractivity contribution is -0.105. The van der Waals surface area contributed by atoms with Gasteiger partial charge in [-0.3, -0.25) is 9.59 Å².